The van der Waals surface area contributed by atoms with E-state index in [0.29, 0.717) is 5.69 Å². The normalized spacial score (nSPS) is 8.92. The van der Waals surface area contributed by atoms with Crippen LogP contribution in [0.15, 0.2) is 30.6 Å². The fourth-order valence-electron chi connectivity index (χ4n) is 0.859. The first kappa shape index (κ1) is 10.4. The Kier molecular flexibility index (Phi) is 4.12. The van der Waals surface area contributed by atoms with E-state index in [-0.39, 0.29) is 32.7 Å². The summed E-state index contributed by atoms with van der Waals surface area (Å²) < 4.78 is 0. The van der Waals surface area contributed by atoms with Gasteiger partial charge in [0.2, 0.25) is 0 Å². The predicted molar refractivity (Wildman–Crippen MR) is 42.9 cm³/mol. The maximum absolute atomic E-state index is 3.87. The van der Waals surface area contributed by atoms with E-state index in [9.17, 15) is 0 Å². The molecule has 0 aromatic carbocycles. The molecule has 4 heteroatoms. The summed E-state index contributed by atoms with van der Waals surface area (Å²) in [7, 11) is 0. The monoisotopic (exact) mass is 244 g/mol. The quantitative estimate of drug-likeness (QED) is 0.706. The molecule has 1 radical (unpaired) electrons. The minimum atomic E-state index is 0. The van der Waals surface area contributed by atoms with Gasteiger partial charge in [-0.2, -0.15) is 12.1 Å². The second kappa shape index (κ2) is 5.15. The zero-order chi connectivity index (χ0) is 8.23. The second-order valence-electron chi connectivity index (χ2n) is 2.19. The summed E-state index contributed by atoms with van der Waals surface area (Å²) in [5.41, 5.74) is 1.48. The SMILES string of the molecule is [Y].[c-]1ncccc1-c1[c-]ccnn1. The van der Waals surface area contributed by atoms with Crippen LogP contribution in [0.1, 0.15) is 0 Å². The smallest absolute Gasteiger partial charge is 0 e. The number of pyridine rings is 1. The number of hydrogen-bond donors (Lipinski definition) is 0. The first-order valence-electron chi connectivity index (χ1n) is 3.49. The van der Waals surface area contributed by atoms with Crippen LogP contribution >= 0.6 is 0 Å². The third-order valence-electron chi connectivity index (χ3n) is 1.38. The van der Waals surface area contributed by atoms with Gasteiger partial charge in [-0.15, -0.1) is 18.0 Å². The van der Waals surface area contributed by atoms with Crippen LogP contribution in [0.25, 0.3) is 11.3 Å². The van der Waals surface area contributed by atoms with Crippen LogP contribution in [-0.2, 0) is 32.7 Å². The van der Waals surface area contributed by atoms with Crippen LogP contribution in [-0.4, -0.2) is 15.2 Å². The Morgan fingerprint density at radius 2 is 2.15 bits per heavy atom. The van der Waals surface area contributed by atoms with Crippen molar-refractivity contribution in [1.29, 1.82) is 0 Å². The topological polar surface area (TPSA) is 38.7 Å². The molecular formula is C9H5N3Y-2. The maximum Gasteiger partial charge on any atom is 0 e. The number of hydrogen-bond acceptors (Lipinski definition) is 3. The molecule has 61 valence electrons. The molecule has 0 saturated heterocycles. The molecule has 0 fully saturated rings. The van der Waals surface area contributed by atoms with E-state index in [1.54, 1.807) is 18.5 Å². The summed E-state index contributed by atoms with van der Waals surface area (Å²) in [4.78, 5) is 3.85. The van der Waals surface area contributed by atoms with Crippen LogP contribution in [0.5, 0.6) is 0 Å². The predicted octanol–water partition coefficient (Wildman–Crippen LogP) is 1.14. The van der Waals surface area contributed by atoms with E-state index in [4.69, 9.17) is 0 Å². The van der Waals surface area contributed by atoms with Crippen LogP contribution in [0, 0.1) is 12.3 Å². The summed E-state index contributed by atoms with van der Waals surface area (Å²) in [6, 6.07) is 8.35. The maximum atomic E-state index is 3.87. The van der Waals surface area contributed by atoms with E-state index in [0.717, 1.165) is 5.56 Å². The van der Waals surface area contributed by atoms with Gasteiger partial charge in [-0.25, -0.2) is 21.8 Å². The van der Waals surface area contributed by atoms with Crippen molar-refractivity contribution >= 4 is 0 Å². The zero-order valence-corrected chi connectivity index (χ0v) is 9.64. The first-order chi connectivity index (χ1) is 5.97. The van der Waals surface area contributed by atoms with E-state index < -0.39 is 0 Å². The standard InChI is InChI=1S/C9H5N3.Y/c1-3-8(7-10-5-1)9-4-2-6-11-12-9;/h1-3,5-6H;/q-2;. The minimum Gasteiger partial charge on any atom is -0.374 e. The van der Waals surface area contributed by atoms with E-state index >= 15 is 0 Å². The van der Waals surface area contributed by atoms with Gasteiger partial charge >= 0.3 is 0 Å². The molecule has 0 atom stereocenters. The molecule has 3 nitrogen and oxygen atoms in total. The van der Waals surface area contributed by atoms with Crippen molar-refractivity contribution in [3.63, 3.8) is 0 Å². The molecule has 2 rings (SSSR count). The summed E-state index contributed by atoms with van der Waals surface area (Å²) in [6.45, 7) is 0. The molecule has 0 saturated carbocycles. The van der Waals surface area contributed by atoms with Crippen molar-refractivity contribution in [1.82, 2.24) is 15.2 Å². The van der Waals surface area contributed by atoms with Crippen LogP contribution in [0.3, 0.4) is 0 Å². The Bertz CT molecular complexity index is 312. The molecule has 2 heterocycles. The minimum absolute atomic E-state index is 0. The van der Waals surface area contributed by atoms with E-state index in [1.165, 1.54) is 0 Å². The fourth-order valence-corrected chi connectivity index (χ4v) is 0.859. The third-order valence-corrected chi connectivity index (χ3v) is 1.38. The van der Waals surface area contributed by atoms with Crippen LogP contribution < -0.4 is 0 Å². The van der Waals surface area contributed by atoms with Gasteiger partial charge in [-0.1, -0.05) is 12.4 Å². The molecule has 0 spiro atoms. The summed E-state index contributed by atoms with van der Waals surface area (Å²) in [5.74, 6) is 0. The Hall–Kier alpha value is -0.666. The Morgan fingerprint density at radius 1 is 1.23 bits per heavy atom. The molecule has 2 aromatic heterocycles. The molecule has 2 aromatic rings. The van der Waals surface area contributed by atoms with Gasteiger partial charge in [0.05, 0.1) is 0 Å². The number of rotatable bonds is 1. The van der Waals surface area contributed by atoms with Gasteiger partial charge in [-0.05, 0) is 0 Å². The van der Waals surface area contributed by atoms with Crippen molar-refractivity contribution < 1.29 is 32.7 Å². The van der Waals surface area contributed by atoms with Gasteiger partial charge in [-0.3, -0.25) is 0 Å². The zero-order valence-electron chi connectivity index (χ0n) is 6.81. The number of aromatic nitrogens is 3. The van der Waals surface area contributed by atoms with Crippen molar-refractivity contribution in [2.75, 3.05) is 0 Å². The van der Waals surface area contributed by atoms with Crippen molar-refractivity contribution in [2.24, 2.45) is 0 Å². The van der Waals surface area contributed by atoms with Crippen molar-refractivity contribution in [3.8, 4) is 11.3 Å². The summed E-state index contributed by atoms with van der Waals surface area (Å²) >= 11 is 0. The molecule has 0 bridgehead atoms. The van der Waals surface area contributed by atoms with Gasteiger partial charge in [0.15, 0.2) is 0 Å². The van der Waals surface area contributed by atoms with Gasteiger partial charge in [0.1, 0.15) is 0 Å². The van der Waals surface area contributed by atoms with Gasteiger partial charge < -0.3 is 4.98 Å². The Morgan fingerprint density at radius 3 is 2.77 bits per heavy atom. The van der Waals surface area contributed by atoms with Crippen LogP contribution in [0.4, 0.5) is 0 Å². The molecule has 0 aliphatic rings. The molecule has 0 N–H and O–H groups in total. The largest absolute Gasteiger partial charge is 0.374 e. The number of nitrogens with zero attached hydrogens (tertiary/aromatic N) is 3. The Labute approximate surface area is 101 Å². The third kappa shape index (κ3) is 2.64. The molecule has 13 heavy (non-hydrogen) atoms. The molecule has 0 aliphatic heterocycles. The average molecular weight is 244 g/mol. The van der Waals surface area contributed by atoms with Gasteiger partial charge in [0.25, 0.3) is 0 Å². The van der Waals surface area contributed by atoms with Crippen molar-refractivity contribution in [3.05, 3.63) is 42.9 Å². The Balaban J connectivity index is 0.000000845. The molecule has 0 amide bonds. The van der Waals surface area contributed by atoms with E-state index in [1.807, 2.05) is 12.1 Å². The second-order valence-corrected chi connectivity index (χ2v) is 2.19. The summed E-state index contributed by atoms with van der Waals surface area (Å²) in [5, 5.41) is 7.60. The average Bonchev–Trinajstić information content (AvgIpc) is 2.21. The first-order valence-corrected chi connectivity index (χ1v) is 3.49. The van der Waals surface area contributed by atoms with Crippen molar-refractivity contribution in [2.45, 2.75) is 0 Å². The van der Waals surface area contributed by atoms with Gasteiger partial charge in [0, 0.05) is 32.7 Å². The molecule has 0 unspecified atom stereocenters. The molecular weight excluding hydrogens is 239 g/mol. The summed E-state index contributed by atoms with van der Waals surface area (Å²) in [6.07, 6.45) is 6.05. The molecule has 0 aliphatic carbocycles. The van der Waals surface area contributed by atoms with E-state index in [2.05, 4.69) is 27.4 Å². The van der Waals surface area contributed by atoms with Crippen LogP contribution in [0.2, 0.25) is 0 Å². The fraction of sp³-hybridized carbons (Fsp3) is 0.